The topological polar surface area (TPSA) is 54.4 Å². The highest BCUT2D eigenvalue weighted by Gasteiger charge is 2.12. The maximum Gasteiger partial charge on any atom is 0.335 e. The van der Waals surface area contributed by atoms with Crippen LogP contribution in [0.15, 0.2) is 18.2 Å². The Labute approximate surface area is 92.7 Å². The van der Waals surface area contributed by atoms with Gasteiger partial charge in [-0.05, 0) is 18.6 Å². The number of carboxylic acids is 1. The number of carbonyl (C=O) groups is 2. The van der Waals surface area contributed by atoms with Crippen molar-refractivity contribution in [3.05, 3.63) is 34.9 Å². The first kappa shape index (κ1) is 11.7. The summed E-state index contributed by atoms with van der Waals surface area (Å²) in [5.74, 6) is -1.29. The van der Waals surface area contributed by atoms with E-state index in [0.29, 0.717) is 5.56 Å². The molecule has 1 N–H and O–H groups in total. The van der Waals surface area contributed by atoms with Crippen LogP contribution in [0, 0.1) is 6.92 Å². The number of Topliss-reactive ketones (excluding diaryl/α,β-unsaturated/α-hetero) is 1. The molecule has 0 spiro atoms. The molecule has 1 aromatic carbocycles. The molecule has 0 aromatic heterocycles. The number of rotatable bonds is 4. The van der Waals surface area contributed by atoms with Gasteiger partial charge in [0.05, 0.1) is 11.4 Å². The van der Waals surface area contributed by atoms with Crippen LogP contribution in [-0.4, -0.2) is 22.7 Å². The lowest BCUT2D eigenvalue weighted by molar-refractivity contribution is -0.116. The monoisotopic (exact) mass is 226 g/mol. The molecule has 0 amide bonds. The fourth-order valence-electron chi connectivity index (χ4n) is 1.34. The van der Waals surface area contributed by atoms with E-state index in [2.05, 4.69) is 0 Å². The Morgan fingerprint density at radius 3 is 2.60 bits per heavy atom. The maximum atomic E-state index is 11.1. The van der Waals surface area contributed by atoms with Gasteiger partial charge < -0.3 is 5.11 Å². The molecule has 1 aromatic rings. The molecule has 0 aliphatic carbocycles. The second kappa shape index (κ2) is 4.94. The molecule has 4 heteroatoms. The van der Waals surface area contributed by atoms with Gasteiger partial charge in [-0.15, -0.1) is 11.6 Å². The zero-order valence-electron chi connectivity index (χ0n) is 8.29. The zero-order chi connectivity index (χ0) is 11.4. The number of hydrogen-bond acceptors (Lipinski definition) is 2. The van der Waals surface area contributed by atoms with E-state index >= 15 is 0 Å². The number of alkyl halides is 1. The Hall–Kier alpha value is -1.35. The molecule has 80 valence electrons. The Morgan fingerprint density at radius 2 is 2.07 bits per heavy atom. The van der Waals surface area contributed by atoms with Crippen LogP contribution < -0.4 is 0 Å². The van der Waals surface area contributed by atoms with Gasteiger partial charge in [0.2, 0.25) is 0 Å². The molecule has 0 saturated heterocycles. The van der Waals surface area contributed by atoms with Gasteiger partial charge in [-0.1, -0.05) is 17.7 Å². The predicted molar refractivity (Wildman–Crippen MR) is 57.6 cm³/mol. The third-order valence-electron chi connectivity index (χ3n) is 2.03. The summed E-state index contributed by atoms with van der Waals surface area (Å²) in [5, 5.41) is 8.90. The highest BCUT2D eigenvalue weighted by molar-refractivity contribution is 6.27. The SMILES string of the molecule is Cc1ccc(C(=O)O)c(CC(=O)CCl)c1. The van der Waals surface area contributed by atoms with Crippen molar-refractivity contribution >= 4 is 23.4 Å². The molecule has 15 heavy (non-hydrogen) atoms. The first-order valence-corrected chi connectivity index (χ1v) is 4.98. The van der Waals surface area contributed by atoms with Crippen LogP contribution in [-0.2, 0) is 11.2 Å². The second-order valence-corrected chi connectivity index (χ2v) is 3.58. The number of ketones is 1. The molecule has 0 heterocycles. The molecule has 0 radical (unpaired) electrons. The number of aromatic carboxylic acids is 1. The van der Waals surface area contributed by atoms with E-state index in [0.717, 1.165) is 5.56 Å². The van der Waals surface area contributed by atoms with E-state index < -0.39 is 5.97 Å². The first-order valence-electron chi connectivity index (χ1n) is 4.45. The van der Waals surface area contributed by atoms with Crippen molar-refractivity contribution in [3.63, 3.8) is 0 Å². The van der Waals surface area contributed by atoms with Crippen LogP contribution in [0.5, 0.6) is 0 Å². The lowest BCUT2D eigenvalue weighted by Gasteiger charge is -2.05. The molecule has 3 nitrogen and oxygen atoms in total. The van der Waals surface area contributed by atoms with Crippen molar-refractivity contribution in [1.82, 2.24) is 0 Å². The van der Waals surface area contributed by atoms with Gasteiger partial charge in [0.1, 0.15) is 0 Å². The van der Waals surface area contributed by atoms with Gasteiger partial charge in [0.25, 0.3) is 0 Å². The summed E-state index contributed by atoms with van der Waals surface area (Å²) in [5.41, 5.74) is 1.62. The number of halogens is 1. The van der Waals surface area contributed by atoms with Gasteiger partial charge in [-0.25, -0.2) is 4.79 Å². The Balaban J connectivity index is 3.07. The maximum absolute atomic E-state index is 11.1. The number of benzene rings is 1. The number of carboxylic acid groups (broad SMARTS) is 1. The average Bonchev–Trinajstić information content (AvgIpc) is 2.17. The van der Waals surface area contributed by atoms with Gasteiger partial charge >= 0.3 is 5.97 Å². The van der Waals surface area contributed by atoms with Crippen LogP contribution in [0.3, 0.4) is 0 Å². The molecule has 0 atom stereocenters. The van der Waals surface area contributed by atoms with Gasteiger partial charge in [0.15, 0.2) is 5.78 Å². The van der Waals surface area contributed by atoms with Gasteiger partial charge in [0, 0.05) is 6.42 Å². The van der Waals surface area contributed by atoms with Crippen LogP contribution in [0.1, 0.15) is 21.5 Å². The lowest BCUT2D eigenvalue weighted by Crippen LogP contribution is -2.09. The minimum Gasteiger partial charge on any atom is -0.478 e. The van der Waals surface area contributed by atoms with Crippen molar-refractivity contribution in [2.75, 3.05) is 5.88 Å². The summed E-state index contributed by atoms with van der Waals surface area (Å²) in [4.78, 5) is 22.0. The number of hydrogen-bond donors (Lipinski definition) is 1. The smallest absolute Gasteiger partial charge is 0.335 e. The van der Waals surface area contributed by atoms with E-state index in [-0.39, 0.29) is 23.6 Å². The van der Waals surface area contributed by atoms with E-state index in [9.17, 15) is 9.59 Å². The number of carbonyl (C=O) groups excluding carboxylic acids is 1. The molecule has 0 fully saturated rings. The average molecular weight is 227 g/mol. The first-order chi connectivity index (χ1) is 7.04. The van der Waals surface area contributed by atoms with Crippen LogP contribution in [0.25, 0.3) is 0 Å². The Morgan fingerprint density at radius 1 is 1.40 bits per heavy atom. The molecule has 1 rings (SSSR count). The normalized spacial score (nSPS) is 10.0. The Bertz CT molecular complexity index is 399. The highest BCUT2D eigenvalue weighted by atomic mass is 35.5. The molecular weight excluding hydrogens is 216 g/mol. The van der Waals surface area contributed by atoms with Gasteiger partial charge in [-0.2, -0.15) is 0 Å². The third kappa shape index (κ3) is 3.06. The predicted octanol–water partition coefficient (Wildman–Crippen LogP) is 2.04. The number of aryl methyl sites for hydroxylation is 1. The van der Waals surface area contributed by atoms with Crippen LogP contribution >= 0.6 is 11.6 Å². The standard InChI is InChI=1S/C11H11ClO3/c1-7-2-3-10(11(14)15)8(4-7)5-9(13)6-12/h2-4H,5-6H2,1H3,(H,14,15). The van der Waals surface area contributed by atoms with Crippen molar-refractivity contribution in [2.24, 2.45) is 0 Å². The fraction of sp³-hybridized carbons (Fsp3) is 0.273. The second-order valence-electron chi connectivity index (χ2n) is 3.31. The van der Waals surface area contributed by atoms with Gasteiger partial charge in [-0.3, -0.25) is 4.79 Å². The van der Waals surface area contributed by atoms with Crippen LogP contribution in [0.2, 0.25) is 0 Å². The Kier molecular flexibility index (Phi) is 3.86. The molecule has 0 bridgehead atoms. The van der Waals surface area contributed by atoms with Crippen molar-refractivity contribution in [2.45, 2.75) is 13.3 Å². The van der Waals surface area contributed by atoms with Crippen molar-refractivity contribution in [1.29, 1.82) is 0 Å². The van der Waals surface area contributed by atoms with Crippen LogP contribution in [0.4, 0.5) is 0 Å². The molecule has 0 saturated carbocycles. The highest BCUT2D eigenvalue weighted by Crippen LogP contribution is 2.13. The molecule has 0 aliphatic heterocycles. The zero-order valence-corrected chi connectivity index (χ0v) is 9.04. The quantitative estimate of drug-likeness (QED) is 0.800. The third-order valence-corrected chi connectivity index (χ3v) is 2.33. The summed E-state index contributed by atoms with van der Waals surface area (Å²) in [6.07, 6.45) is 0.0762. The minimum absolute atomic E-state index is 0.0762. The summed E-state index contributed by atoms with van der Waals surface area (Å²) < 4.78 is 0. The summed E-state index contributed by atoms with van der Waals surface area (Å²) in [7, 11) is 0. The van der Waals surface area contributed by atoms with E-state index in [1.54, 1.807) is 12.1 Å². The fourth-order valence-corrected chi connectivity index (χ4v) is 1.43. The van der Waals surface area contributed by atoms with E-state index in [1.807, 2.05) is 6.92 Å². The summed E-state index contributed by atoms with van der Waals surface area (Å²) in [6, 6.07) is 4.92. The largest absolute Gasteiger partial charge is 0.478 e. The molecule has 0 aliphatic rings. The van der Waals surface area contributed by atoms with E-state index in [4.69, 9.17) is 16.7 Å². The molecular formula is C11H11ClO3. The summed E-state index contributed by atoms with van der Waals surface area (Å²) >= 11 is 5.38. The van der Waals surface area contributed by atoms with Crippen molar-refractivity contribution < 1.29 is 14.7 Å². The molecule has 0 unspecified atom stereocenters. The van der Waals surface area contributed by atoms with Crippen molar-refractivity contribution in [3.8, 4) is 0 Å². The van der Waals surface area contributed by atoms with E-state index in [1.165, 1.54) is 6.07 Å². The lowest BCUT2D eigenvalue weighted by atomic mass is 10.0. The summed E-state index contributed by atoms with van der Waals surface area (Å²) in [6.45, 7) is 1.85. The minimum atomic E-state index is -1.02.